The number of hydrogen-bond acceptors (Lipinski definition) is 4. The highest BCUT2D eigenvalue weighted by Gasteiger charge is 2.32. The molecule has 1 aliphatic rings. The third kappa shape index (κ3) is 2.70. The largest absolute Gasteiger partial charge is 0.481 e. The van der Waals surface area contributed by atoms with E-state index >= 15 is 0 Å². The average Bonchev–Trinajstić information content (AvgIpc) is 2.81. The number of likely N-dealkylation sites (tertiary alicyclic amines) is 1. The van der Waals surface area contributed by atoms with Crippen LogP contribution in [0.4, 0.5) is 0 Å². The average molecular weight is 309 g/mol. The van der Waals surface area contributed by atoms with E-state index in [9.17, 15) is 4.79 Å². The standard InChI is InChI=1S/C14H13ClN2O2S/c15-12-4-2-1-3-11(12)13-16-10(8-20-13)7-17-5-9(6-17)14(18)19/h1-4,8-9H,5-7H2,(H,18,19). The fourth-order valence-corrected chi connectivity index (χ4v) is 3.35. The maximum atomic E-state index is 10.8. The SMILES string of the molecule is O=C(O)C1CN(Cc2csc(-c3ccccc3Cl)n2)C1. The number of halogens is 1. The minimum atomic E-state index is -0.712. The van der Waals surface area contributed by atoms with Gasteiger partial charge in [-0.05, 0) is 6.07 Å². The summed E-state index contributed by atoms with van der Waals surface area (Å²) in [7, 11) is 0. The fraction of sp³-hybridized carbons (Fsp3) is 0.286. The van der Waals surface area contributed by atoms with Crippen LogP contribution in [0.25, 0.3) is 10.6 Å². The lowest BCUT2D eigenvalue weighted by Crippen LogP contribution is -2.49. The Hall–Kier alpha value is -1.43. The Labute approximate surface area is 125 Å². The molecular formula is C14H13ClN2O2S. The van der Waals surface area contributed by atoms with Gasteiger partial charge in [-0.2, -0.15) is 0 Å². The summed E-state index contributed by atoms with van der Waals surface area (Å²) in [5, 5.41) is 12.5. The van der Waals surface area contributed by atoms with Gasteiger partial charge in [0.2, 0.25) is 0 Å². The smallest absolute Gasteiger partial charge is 0.309 e. The predicted molar refractivity (Wildman–Crippen MR) is 79.0 cm³/mol. The molecule has 4 nitrogen and oxygen atoms in total. The van der Waals surface area contributed by atoms with Crippen LogP contribution in [0.15, 0.2) is 29.6 Å². The Morgan fingerprint density at radius 3 is 2.90 bits per heavy atom. The molecule has 1 aliphatic heterocycles. The van der Waals surface area contributed by atoms with Crippen LogP contribution in [0.2, 0.25) is 5.02 Å². The highest BCUT2D eigenvalue weighted by Crippen LogP contribution is 2.30. The lowest BCUT2D eigenvalue weighted by Gasteiger charge is -2.35. The monoisotopic (exact) mass is 308 g/mol. The van der Waals surface area contributed by atoms with Crippen molar-refractivity contribution < 1.29 is 9.90 Å². The van der Waals surface area contributed by atoms with Crippen molar-refractivity contribution in [3.8, 4) is 10.6 Å². The third-order valence-electron chi connectivity index (χ3n) is 3.35. The number of carboxylic acid groups (broad SMARTS) is 1. The summed E-state index contributed by atoms with van der Waals surface area (Å²) in [6.45, 7) is 1.91. The first kappa shape index (κ1) is 13.5. The molecule has 3 rings (SSSR count). The van der Waals surface area contributed by atoms with Crippen LogP contribution in [0.5, 0.6) is 0 Å². The molecule has 2 aromatic rings. The Morgan fingerprint density at radius 1 is 1.45 bits per heavy atom. The predicted octanol–water partition coefficient (Wildman–Crippen LogP) is 2.98. The van der Waals surface area contributed by atoms with Crippen LogP contribution in [-0.4, -0.2) is 34.0 Å². The second-order valence-electron chi connectivity index (χ2n) is 4.85. The Morgan fingerprint density at radius 2 is 2.20 bits per heavy atom. The molecule has 1 fully saturated rings. The number of nitrogens with zero attached hydrogens (tertiary/aromatic N) is 2. The van der Waals surface area contributed by atoms with Crippen LogP contribution in [-0.2, 0) is 11.3 Å². The molecule has 0 atom stereocenters. The number of thiazole rings is 1. The molecule has 0 saturated carbocycles. The Bertz CT molecular complexity index is 638. The molecule has 1 N–H and O–H groups in total. The van der Waals surface area contributed by atoms with E-state index in [1.165, 1.54) is 0 Å². The number of aliphatic carboxylic acids is 1. The normalized spacial score (nSPS) is 16.1. The molecule has 0 radical (unpaired) electrons. The van der Waals surface area contributed by atoms with Crippen molar-refractivity contribution in [1.29, 1.82) is 0 Å². The molecule has 0 amide bonds. The van der Waals surface area contributed by atoms with E-state index in [-0.39, 0.29) is 5.92 Å². The third-order valence-corrected chi connectivity index (χ3v) is 4.60. The first-order chi connectivity index (χ1) is 9.63. The quantitative estimate of drug-likeness (QED) is 0.943. The first-order valence-electron chi connectivity index (χ1n) is 6.28. The molecule has 0 spiro atoms. The van der Waals surface area contributed by atoms with Gasteiger partial charge in [0, 0.05) is 30.6 Å². The zero-order chi connectivity index (χ0) is 14.1. The van der Waals surface area contributed by atoms with Gasteiger partial charge in [-0.3, -0.25) is 9.69 Å². The zero-order valence-electron chi connectivity index (χ0n) is 10.6. The highest BCUT2D eigenvalue weighted by atomic mass is 35.5. The lowest BCUT2D eigenvalue weighted by atomic mass is 10.0. The highest BCUT2D eigenvalue weighted by molar-refractivity contribution is 7.13. The molecule has 1 aromatic heterocycles. The second-order valence-corrected chi connectivity index (χ2v) is 6.12. The Kier molecular flexibility index (Phi) is 3.74. The van der Waals surface area contributed by atoms with Gasteiger partial charge in [0.15, 0.2) is 0 Å². The lowest BCUT2D eigenvalue weighted by molar-refractivity contribution is -0.147. The Balaban J connectivity index is 1.66. The van der Waals surface area contributed by atoms with Gasteiger partial charge in [0.1, 0.15) is 5.01 Å². The van der Waals surface area contributed by atoms with Gasteiger partial charge in [-0.25, -0.2) is 4.98 Å². The number of hydrogen-bond donors (Lipinski definition) is 1. The van der Waals surface area contributed by atoms with Crippen LogP contribution in [0, 0.1) is 5.92 Å². The van der Waals surface area contributed by atoms with Crippen LogP contribution in [0.3, 0.4) is 0 Å². The second kappa shape index (κ2) is 5.52. The van der Waals surface area contributed by atoms with Gasteiger partial charge in [0.05, 0.1) is 16.6 Å². The van der Waals surface area contributed by atoms with Crippen molar-refractivity contribution in [3.05, 3.63) is 40.4 Å². The summed E-state index contributed by atoms with van der Waals surface area (Å²) in [5.41, 5.74) is 1.91. The van der Waals surface area contributed by atoms with Gasteiger partial charge in [-0.15, -0.1) is 11.3 Å². The number of carboxylic acids is 1. The molecule has 1 saturated heterocycles. The number of aromatic nitrogens is 1. The molecule has 1 aromatic carbocycles. The van der Waals surface area contributed by atoms with Crippen LogP contribution >= 0.6 is 22.9 Å². The topological polar surface area (TPSA) is 53.4 Å². The van der Waals surface area contributed by atoms with Crippen LogP contribution in [0.1, 0.15) is 5.69 Å². The maximum absolute atomic E-state index is 10.8. The molecule has 2 heterocycles. The number of carbonyl (C=O) groups is 1. The van der Waals surface area contributed by atoms with E-state index < -0.39 is 5.97 Å². The molecule has 104 valence electrons. The van der Waals surface area contributed by atoms with Gasteiger partial charge in [0.25, 0.3) is 0 Å². The minimum absolute atomic E-state index is 0.225. The summed E-state index contributed by atoms with van der Waals surface area (Å²) in [5.74, 6) is -0.937. The minimum Gasteiger partial charge on any atom is -0.481 e. The van der Waals surface area contributed by atoms with Crippen molar-refractivity contribution >= 4 is 28.9 Å². The van der Waals surface area contributed by atoms with Crippen molar-refractivity contribution in [2.24, 2.45) is 5.92 Å². The summed E-state index contributed by atoms with van der Waals surface area (Å²) in [6.07, 6.45) is 0. The number of benzene rings is 1. The number of rotatable bonds is 4. The van der Waals surface area contributed by atoms with E-state index in [0.717, 1.165) is 16.3 Å². The first-order valence-corrected chi connectivity index (χ1v) is 7.53. The summed E-state index contributed by atoms with van der Waals surface area (Å²) in [6, 6.07) is 7.64. The zero-order valence-corrected chi connectivity index (χ0v) is 12.2. The molecule has 0 aliphatic carbocycles. The fourth-order valence-electron chi connectivity index (χ4n) is 2.22. The van der Waals surface area contributed by atoms with Crippen molar-refractivity contribution in [2.75, 3.05) is 13.1 Å². The molecular weight excluding hydrogens is 296 g/mol. The van der Waals surface area contributed by atoms with Crippen LogP contribution < -0.4 is 0 Å². The molecule has 0 bridgehead atoms. The summed E-state index contributed by atoms with van der Waals surface area (Å²) < 4.78 is 0. The van der Waals surface area contributed by atoms with Crippen molar-refractivity contribution in [3.63, 3.8) is 0 Å². The molecule has 20 heavy (non-hydrogen) atoms. The summed E-state index contributed by atoms with van der Waals surface area (Å²) >= 11 is 7.72. The maximum Gasteiger partial charge on any atom is 0.309 e. The molecule has 6 heteroatoms. The van der Waals surface area contributed by atoms with E-state index in [0.29, 0.717) is 24.7 Å². The van der Waals surface area contributed by atoms with E-state index in [1.54, 1.807) is 11.3 Å². The van der Waals surface area contributed by atoms with Crippen molar-refractivity contribution in [1.82, 2.24) is 9.88 Å². The van der Waals surface area contributed by atoms with Gasteiger partial charge < -0.3 is 5.11 Å². The molecule has 0 unspecified atom stereocenters. The van der Waals surface area contributed by atoms with Gasteiger partial charge >= 0.3 is 5.97 Å². The summed E-state index contributed by atoms with van der Waals surface area (Å²) in [4.78, 5) is 17.4. The van der Waals surface area contributed by atoms with Gasteiger partial charge in [-0.1, -0.05) is 29.8 Å². The van der Waals surface area contributed by atoms with E-state index in [4.69, 9.17) is 16.7 Å². The van der Waals surface area contributed by atoms with E-state index in [1.807, 2.05) is 29.6 Å². The van der Waals surface area contributed by atoms with E-state index in [2.05, 4.69) is 9.88 Å². The van der Waals surface area contributed by atoms with Crippen molar-refractivity contribution in [2.45, 2.75) is 6.54 Å².